The highest BCUT2D eigenvalue weighted by molar-refractivity contribution is 5.99. The summed E-state index contributed by atoms with van der Waals surface area (Å²) in [4.78, 5) is 82.1. The minimum atomic E-state index is -5.08. The lowest BCUT2D eigenvalue weighted by atomic mass is 9.80. The number of hydrogen-bond acceptors (Lipinski definition) is 14. The molecule has 96 heavy (non-hydrogen) atoms. The molecule has 0 bridgehead atoms. The molecule has 6 aromatic rings. The summed E-state index contributed by atoms with van der Waals surface area (Å²) in [6.07, 6.45) is 1.20. The van der Waals surface area contributed by atoms with E-state index in [0.717, 1.165) is 100 Å². The Morgan fingerprint density at radius 2 is 0.875 bits per heavy atom. The molecule has 2 saturated heterocycles. The molecule has 2 aliphatic heterocycles. The SMILES string of the molecule is CC(=O)NCCOC[C@@]1(O)CCCC[C@@H]1n1cnc(C(=O)N2CCNC[C@H]2Cc2ccccc2)c1-c1ccccc1.CC(=O)NCCOC[C@]1(O)CCCC[C@H]1n1cnc(C(=O)N2CCNC[C@H]2Cc2ccccc2)c1-c1ccccc1.O=C(O)C(F)(F)F.O=C(O)C(F)(F)F. The quantitative estimate of drug-likeness (QED) is 0.0269. The molecule has 4 aromatic carbocycles. The Kier molecular flexibility index (Phi) is 27.6. The molecule has 0 unspecified atom stereocenters. The van der Waals surface area contributed by atoms with Gasteiger partial charge in [-0.05, 0) is 49.7 Å². The lowest BCUT2D eigenvalue weighted by molar-refractivity contribution is -0.193. The van der Waals surface area contributed by atoms with Gasteiger partial charge in [0.05, 0.1) is 62.6 Å². The van der Waals surface area contributed by atoms with Gasteiger partial charge in [0.15, 0.2) is 11.4 Å². The van der Waals surface area contributed by atoms with Crippen LogP contribution in [0.25, 0.3) is 22.5 Å². The predicted molar refractivity (Wildman–Crippen MR) is 342 cm³/mol. The number of rotatable bonds is 20. The first-order valence-corrected chi connectivity index (χ1v) is 31.9. The zero-order valence-electron chi connectivity index (χ0n) is 53.6. The summed E-state index contributed by atoms with van der Waals surface area (Å²) < 4.78 is 79.2. The van der Waals surface area contributed by atoms with Crippen LogP contribution in [-0.2, 0) is 41.5 Å². The number of aliphatic hydroxyl groups is 2. The second kappa shape index (κ2) is 35.5. The molecule has 520 valence electrons. The van der Waals surface area contributed by atoms with E-state index in [-0.39, 0.29) is 61.0 Å². The highest BCUT2D eigenvalue weighted by Crippen LogP contribution is 2.43. The first kappa shape index (κ1) is 74.8. The summed E-state index contributed by atoms with van der Waals surface area (Å²) in [7, 11) is 0. The number of piperazine rings is 2. The summed E-state index contributed by atoms with van der Waals surface area (Å²) in [5.74, 6) is -5.91. The van der Waals surface area contributed by atoms with Gasteiger partial charge in [0.2, 0.25) is 11.8 Å². The third kappa shape index (κ3) is 21.2. The van der Waals surface area contributed by atoms with Crippen molar-refractivity contribution in [3.8, 4) is 22.5 Å². The number of amides is 4. The van der Waals surface area contributed by atoms with Crippen LogP contribution in [0.4, 0.5) is 26.3 Å². The predicted octanol–water partition coefficient (Wildman–Crippen LogP) is 7.68. The summed E-state index contributed by atoms with van der Waals surface area (Å²) >= 11 is 0. The van der Waals surface area contributed by atoms with Gasteiger partial charge in [-0.15, -0.1) is 0 Å². The van der Waals surface area contributed by atoms with E-state index in [0.29, 0.717) is 63.6 Å². The second-order valence-electron chi connectivity index (χ2n) is 23.9. The third-order valence-electron chi connectivity index (χ3n) is 17.0. The molecule has 2 saturated carbocycles. The van der Waals surface area contributed by atoms with Crippen LogP contribution in [0, 0.1) is 0 Å². The Balaban J connectivity index is 0.000000226. The molecule has 4 fully saturated rings. The number of halogens is 6. The van der Waals surface area contributed by atoms with Crippen LogP contribution in [-0.4, -0.2) is 199 Å². The second-order valence-corrected chi connectivity index (χ2v) is 23.9. The number of hydrogen-bond donors (Lipinski definition) is 8. The number of ether oxygens (including phenoxy) is 2. The molecule has 28 heteroatoms. The van der Waals surface area contributed by atoms with Gasteiger partial charge in [0.1, 0.15) is 11.2 Å². The molecular weight excluding hydrogens is 1260 g/mol. The molecule has 0 radical (unpaired) electrons. The summed E-state index contributed by atoms with van der Waals surface area (Å²) in [6.45, 7) is 8.77. The van der Waals surface area contributed by atoms with Crippen LogP contribution in [0.1, 0.15) is 109 Å². The normalized spacial score (nSPS) is 21.1. The van der Waals surface area contributed by atoms with Crippen LogP contribution < -0.4 is 21.3 Å². The van der Waals surface area contributed by atoms with E-state index in [9.17, 15) is 55.7 Å². The van der Waals surface area contributed by atoms with E-state index in [1.165, 1.54) is 25.0 Å². The van der Waals surface area contributed by atoms with E-state index in [2.05, 4.69) is 45.5 Å². The average molecular weight is 1350 g/mol. The van der Waals surface area contributed by atoms with Gasteiger partial charge in [-0.2, -0.15) is 26.3 Å². The fourth-order valence-electron chi connectivity index (χ4n) is 12.4. The van der Waals surface area contributed by atoms with E-state index in [1.807, 2.05) is 116 Å². The zero-order valence-corrected chi connectivity index (χ0v) is 53.6. The van der Waals surface area contributed by atoms with Crippen molar-refractivity contribution in [2.24, 2.45) is 0 Å². The topological polar surface area (TPSA) is 292 Å². The molecular formula is C68H84F6N10O12. The number of carbonyl (C=O) groups is 6. The highest BCUT2D eigenvalue weighted by atomic mass is 19.4. The standard InChI is InChI=1S/2C32H41N5O4.2C2HF3O2/c2*1-24(38)34-17-19-41-22-32(40)15-9-8-14-28(32)37-23-35-29(30(37)26-12-6-3-7-13-26)31(39)36-18-16-33-21-27(36)20-25-10-4-2-5-11-25;2*3-2(4,5)1(6)7/h2*2-7,10-13,23,27-28,33,40H,8-9,14-22H2,1H3,(H,34,38);2*(H,6,7)/t27-,28+,32+;27-,28-,32-;;/m11../s1. The molecule has 8 N–H and O–H groups in total. The number of nitrogens with one attached hydrogen (secondary N) is 4. The number of carbonyl (C=O) groups excluding carboxylic acids is 4. The lowest BCUT2D eigenvalue weighted by Gasteiger charge is -2.41. The highest BCUT2D eigenvalue weighted by Gasteiger charge is 2.45. The van der Waals surface area contributed by atoms with Gasteiger partial charge in [-0.1, -0.05) is 147 Å². The maximum atomic E-state index is 14.3. The fraction of sp³-hybridized carbons (Fsp3) is 0.471. The monoisotopic (exact) mass is 1350 g/mol. The van der Waals surface area contributed by atoms with E-state index >= 15 is 0 Å². The summed E-state index contributed by atoms with van der Waals surface area (Å²) in [5.41, 5.74) is 4.22. The average Bonchev–Trinajstić information content (AvgIpc) is 1.54. The van der Waals surface area contributed by atoms with Crippen LogP contribution in [0.2, 0.25) is 0 Å². The largest absolute Gasteiger partial charge is 0.490 e. The van der Waals surface area contributed by atoms with Gasteiger partial charge in [0.25, 0.3) is 11.8 Å². The zero-order chi connectivity index (χ0) is 69.5. The Morgan fingerprint density at radius 1 is 0.542 bits per heavy atom. The van der Waals surface area contributed by atoms with Crippen molar-refractivity contribution in [2.45, 2.75) is 126 Å². The number of nitrogens with zero attached hydrogens (tertiary/aromatic N) is 6. The van der Waals surface area contributed by atoms with Crippen molar-refractivity contribution in [2.75, 3.05) is 78.8 Å². The Bertz CT molecular complexity index is 3230. The van der Waals surface area contributed by atoms with E-state index in [4.69, 9.17) is 39.2 Å². The molecule has 10 rings (SSSR count). The van der Waals surface area contributed by atoms with E-state index in [1.54, 1.807) is 12.7 Å². The van der Waals surface area contributed by atoms with Crippen molar-refractivity contribution in [1.29, 1.82) is 0 Å². The number of aromatic nitrogens is 4. The maximum absolute atomic E-state index is 14.3. The number of carboxylic acid groups (broad SMARTS) is 2. The molecule has 22 nitrogen and oxygen atoms in total. The Labute approximate surface area is 552 Å². The Hall–Kier alpha value is -8.54. The molecule has 4 amide bonds. The number of carboxylic acids is 2. The van der Waals surface area contributed by atoms with Crippen LogP contribution in [0.15, 0.2) is 134 Å². The van der Waals surface area contributed by atoms with Gasteiger partial charge < -0.3 is 70.1 Å². The van der Waals surface area contributed by atoms with Crippen molar-refractivity contribution < 1.29 is 85.0 Å². The first-order chi connectivity index (χ1) is 45.8. The van der Waals surface area contributed by atoms with Crippen LogP contribution in [0.5, 0.6) is 0 Å². The van der Waals surface area contributed by atoms with Crippen LogP contribution in [0.3, 0.4) is 0 Å². The van der Waals surface area contributed by atoms with Crippen LogP contribution >= 0.6 is 0 Å². The number of aliphatic carboxylic acids is 2. The van der Waals surface area contributed by atoms with Crippen molar-refractivity contribution in [3.05, 3.63) is 156 Å². The maximum Gasteiger partial charge on any atom is 0.490 e. The molecule has 2 aromatic heterocycles. The minimum absolute atomic E-state index is 0.0102. The molecule has 6 atom stereocenters. The van der Waals surface area contributed by atoms with Gasteiger partial charge in [-0.3, -0.25) is 19.2 Å². The Morgan fingerprint density at radius 3 is 1.20 bits per heavy atom. The third-order valence-corrected chi connectivity index (χ3v) is 17.0. The summed E-state index contributed by atoms with van der Waals surface area (Å²) in [6, 6.07) is 39.7. The van der Waals surface area contributed by atoms with Crippen molar-refractivity contribution in [1.82, 2.24) is 50.2 Å². The van der Waals surface area contributed by atoms with E-state index < -0.39 is 35.5 Å². The fourth-order valence-corrected chi connectivity index (χ4v) is 12.4. The minimum Gasteiger partial charge on any atom is -0.475 e. The van der Waals surface area contributed by atoms with Crippen molar-refractivity contribution >= 4 is 35.6 Å². The van der Waals surface area contributed by atoms with Gasteiger partial charge >= 0.3 is 24.3 Å². The van der Waals surface area contributed by atoms with Crippen molar-refractivity contribution in [3.63, 3.8) is 0 Å². The summed E-state index contributed by atoms with van der Waals surface area (Å²) in [5, 5.41) is 50.4. The number of benzene rings is 4. The lowest BCUT2D eigenvalue weighted by Crippen LogP contribution is -2.54. The van der Waals surface area contributed by atoms with Gasteiger partial charge in [0, 0.05) is 89.4 Å². The number of imidazole rings is 2. The molecule has 2 aliphatic carbocycles. The van der Waals surface area contributed by atoms with Gasteiger partial charge in [-0.25, -0.2) is 19.6 Å². The molecule has 4 aliphatic rings. The molecule has 4 heterocycles. The number of alkyl halides is 6. The first-order valence-electron chi connectivity index (χ1n) is 31.9. The smallest absolute Gasteiger partial charge is 0.475 e. The molecule has 0 spiro atoms.